The van der Waals surface area contributed by atoms with Gasteiger partial charge in [-0.15, -0.1) is 0 Å². The minimum Gasteiger partial charge on any atom is -0.480 e. The van der Waals surface area contributed by atoms with E-state index >= 15 is 0 Å². The second-order valence-electron chi connectivity index (χ2n) is 5.23. The second kappa shape index (κ2) is 7.59. The Labute approximate surface area is 128 Å². The molecule has 0 aliphatic carbocycles. The van der Waals surface area contributed by atoms with Crippen molar-refractivity contribution in [3.05, 3.63) is 35.9 Å². The van der Waals surface area contributed by atoms with E-state index < -0.39 is 18.0 Å². The summed E-state index contributed by atoms with van der Waals surface area (Å²) >= 11 is 0. The van der Waals surface area contributed by atoms with Crippen LogP contribution in [0.3, 0.4) is 0 Å². The molecular weight excluding hydrogens is 286 g/mol. The molecule has 1 amide bonds. The van der Waals surface area contributed by atoms with Crippen molar-refractivity contribution in [1.29, 1.82) is 0 Å². The molecule has 118 valence electrons. The van der Waals surface area contributed by atoms with E-state index in [2.05, 4.69) is 0 Å². The molecule has 1 N–H and O–H groups in total. The standard InChI is InChI=1S/C16H19NO5/c18-14-7-4-10-17(14)13(16(20)21)8-9-15(19)22-11-12-5-2-1-3-6-12/h1-3,5-6,13H,4,7-11H2,(H,20,21)/t13-/m1/s1. The molecule has 6 nitrogen and oxygen atoms in total. The zero-order valence-electron chi connectivity index (χ0n) is 12.2. The summed E-state index contributed by atoms with van der Waals surface area (Å²) in [5, 5.41) is 9.23. The fraction of sp³-hybridized carbons (Fsp3) is 0.438. The average Bonchev–Trinajstić information content (AvgIpc) is 2.92. The molecule has 0 bridgehead atoms. The van der Waals surface area contributed by atoms with E-state index in [1.54, 1.807) is 0 Å². The van der Waals surface area contributed by atoms with Crippen molar-refractivity contribution in [3.8, 4) is 0 Å². The number of benzene rings is 1. The number of hydrogen-bond donors (Lipinski definition) is 1. The van der Waals surface area contributed by atoms with Crippen LogP contribution in [0.5, 0.6) is 0 Å². The lowest BCUT2D eigenvalue weighted by atomic mass is 10.1. The number of carbonyl (C=O) groups is 3. The predicted molar refractivity (Wildman–Crippen MR) is 77.8 cm³/mol. The number of amides is 1. The SMILES string of the molecule is O=C(CC[C@H](C(=O)O)N1CCCC1=O)OCc1ccccc1. The fourth-order valence-electron chi connectivity index (χ4n) is 2.48. The van der Waals surface area contributed by atoms with Crippen molar-refractivity contribution in [1.82, 2.24) is 4.90 Å². The molecule has 0 aromatic heterocycles. The number of aliphatic carboxylic acids is 1. The van der Waals surface area contributed by atoms with Gasteiger partial charge in [0.1, 0.15) is 12.6 Å². The summed E-state index contributed by atoms with van der Waals surface area (Å²) in [4.78, 5) is 36.0. The Morgan fingerprint density at radius 3 is 2.59 bits per heavy atom. The molecule has 1 aromatic carbocycles. The van der Waals surface area contributed by atoms with Gasteiger partial charge in [0.25, 0.3) is 0 Å². The lowest BCUT2D eigenvalue weighted by molar-refractivity contribution is -0.150. The molecule has 6 heteroatoms. The maximum Gasteiger partial charge on any atom is 0.326 e. The normalized spacial score (nSPS) is 15.6. The van der Waals surface area contributed by atoms with E-state index in [4.69, 9.17) is 4.74 Å². The monoisotopic (exact) mass is 305 g/mol. The van der Waals surface area contributed by atoms with Crippen molar-refractivity contribution in [2.24, 2.45) is 0 Å². The number of ether oxygens (including phenoxy) is 1. The lowest BCUT2D eigenvalue weighted by Gasteiger charge is -2.23. The highest BCUT2D eigenvalue weighted by atomic mass is 16.5. The Morgan fingerprint density at radius 1 is 1.27 bits per heavy atom. The van der Waals surface area contributed by atoms with Crippen molar-refractivity contribution in [2.75, 3.05) is 6.54 Å². The van der Waals surface area contributed by atoms with Crippen LogP contribution in [0.4, 0.5) is 0 Å². The van der Waals surface area contributed by atoms with Crippen LogP contribution in [0.2, 0.25) is 0 Å². The van der Waals surface area contributed by atoms with E-state index in [1.807, 2.05) is 30.3 Å². The molecule has 1 aliphatic heterocycles. The Morgan fingerprint density at radius 2 is 2.00 bits per heavy atom. The molecule has 1 heterocycles. The zero-order valence-corrected chi connectivity index (χ0v) is 12.2. The number of nitrogens with zero attached hydrogens (tertiary/aromatic N) is 1. The topological polar surface area (TPSA) is 83.9 Å². The van der Waals surface area contributed by atoms with Crippen molar-refractivity contribution in [3.63, 3.8) is 0 Å². The highest BCUT2D eigenvalue weighted by molar-refractivity contribution is 5.85. The first-order valence-corrected chi connectivity index (χ1v) is 7.30. The van der Waals surface area contributed by atoms with Gasteiger partial charge in [-0.05, 0) is 18.4 Å². The highest BCUT2D eigenvalue weighted by Crippen LogP contribution is 2.17. The summed E-state index contributed by atoms with van der Waals surface area (Å²) in [6.45, 7) is 0.606. The van der Waals surface area contributed by atoms with Gasteiger partial charge >= 0.3 is 11.9 Å². The summed E-state index contributed by atoms with van der Waals surface area (Å²) in [5.74, 6) is -1.70. The van der Waals surface area contributed by atoms with E-state index in [9.17, 15) is 19.5 Å². The minimum atomic E-state index is -1.08. The number of carbonyl (C=O) groups excluding carboxylic acids is 2. The lowest BCUT2D eigenvalue weighted by Crippen LogP contribution is -2.42. The third-order valence-electron chi connectivity index (χ3n) is 3.64. The van der Waals surface area contributed by atoms with Crippen molar-refractivity contribution >= 4 is 17.8 Å². The molecule has 1 aliphatic rings. The molecule has 1 saturated heterocycles. The average molecular weight is 305 g/mol. The number of carboxylic acid groups (broad SMARTS) is 1. The van der Waals surface area contributed by atoms with Gasteiger partial charge in [0.05, 0.1) is 0 Å². The van der Waals surface area contributed by atoms with Gasteiger partial charge < -0.3 is 14.7 Å². The largest absolute Gasteiger partial charge is 0.480 e. The summed E-state index contributed by atoms with van der Waals surface area (Å²) in [6.07, 6.45) is 1.10. The van der Waals surface area contributed by atoms with E-state index in [-0.39, 0.29) is 25.4 Å². The summed E-state index contributed by atoms with van der Waals surface area (Å²) in [7, 11) is 0. The number of likely N-dealkylation sites (tertiary alicyclic amines) is 1. The van der Waals surface area contributed by atoms with Crippen LogP contribution in [0.15, 0.2) is 30.3 Å². The molecule has 1 fully saturated rings. The van der Waals surface area contributed by atoms with E-state index in [0.29, 0.717) is 19.4 Å². The first-order chi connectivity index (χ1) is 10.6. The highest BCUT2D eigenvalue weighted by Gasteiger charge is 2.32. The molecule has 1 aromatic rings. The van der Waals surface area contributed by atoms with Crippen LogP contribution in [0, 0.1) is 0 Å². The molecule has 0 saturated carbocycles. The zero-order chi connectivity index (χ0) is 15.9. The molecule has 2 rings (SSSR count). The number of hydrogen-bond acceptors (Lipinski definition) is 4. The van der Waals surface area contributed by atoms with Crippen LogP contribution in [0.25, 0.3) is 0 Å². The molecule has 0 unspecified atom stereocenters. The first-order valence-electron chi connectivity index (χ1n) is 7.30. The molecular formula is C16H19NO5. The third kappa shape index (κ3) is 4.31. The Bertz CT molecular complexity index is 543. The third-order valence-corrected chi connectivity index (χ3v) is 3.64. The van der Waals surface area contributed by atoms with Gasteiger partial charge in [-0.3, -0.25) is 9.59 Å². The Balaban J connectivity index is 1.80. The van der Waals surface area contributed by atoms with Gasteiger partial charge in [-0.2, -0.15) is 0 Å². The van der Waals surface area contributed by atoms with Gasteiger partial charge in [0.15, 0.2) is 0 Å². The quantitative estimate of drug-likeness (QED) is 0.773. The summed E-state index contributed by atoms with van der Waals surface area (Å²) < 4.78 is 5.11. The molecule has 0 radical (unpaired) electrons. The summed E-state index contributed by atoms with van der Waals surface area (Å²) in [5.41, 5.74) is 0.875. The molecule has 22 heavy (non-hydrogen) atoms. The Kier molecular flexibility index (Phi) is 5.52. The van der Waals surface area contributed by atoms with Crippen LogP contribution in [-0.4, -0.2) is 40.4 Å². The van der Waals surface area contributed by atoms with Gasteiger partial charge in [-0.25, -0.2) is 4.79 Å². The van der Waals surface area contributed by atoms with Crippen molar-refractivity contribution < 1.29 is 24.2 Å². The maximum atomic E-state index is 11.7. The predicted octanol–water partition coefficient (Wildman–Crippen LogP) is 1.59. The van der Waals surface area contributed by atoms with Crippen LogP contribution < -0.4 is 0 Å². The van der Waals surface area contributed by atoms with Gasteiger partial charge in [0.2, 0.25) is 5.91 Å². The number of rotatable bonds is 7. The van der Waals surface area contributed by atoms with Crippen molar-refractivity contribution in [2.45, 2.75) is 38.3 Å². The molecule has 0 spiro atoms. The minimum absolute atomic E-state index is 0.0203. The maximum absolute atomic E-state index is 11.7. The number of carboxylic acids is 1. The van der Waals surface area contributed by atoms with E-state index in [0.717, 1.165) is 5.56 Å². The first kappa shape index (κ1) is 16.0. The van der Waals surface area contributed by atoms with Crippen LogP contribution >= 0.6 is 0 Å². The smallest absolute Gasteiger partial charge is 0.326 e. The van der Waals surface area contributed by atoms with Gasteiger partial charge in [-0.1, -0.05) is 30.3 Å². The Hall–Kier alpha value is -2.37. The number of esters is 1. The van der Waals surface area contributed by atoms with Crippen LogP contribution in [0.1, 0.15) is 31.2 Å². The van der Waals surface area contributed by atoms with E-state index in [1.165, 1.54) is 4.90 Å². The fourth-order valence-corrected chi connectivity index (χ4v) is 2.48. The summed E-state index contributed by atoms with van der Waals surface area (Å²) in [6, 6.07) is 8.31. The van der Waals surface area contributed by atoms with Gasteiger partial charge in [0, 0.05) is 19.4 Å². The van der Waals surface area contributed by atoms with Crippen LogP contribution in [-0.2, 0) is 25.7 Å². The second-order valence-corrected chi connectivity index (χ2v) is 5.23. The molecule has 1 atom stereocenters.